The van der Waals surface area contributed by atoms with Crippen molar-refractivity contribution in [2.24, 2.45) is 0 Å². The summed E-state index contributed by atoms with van der Waals surface area (Å²) in [5, 5.41) is 2.89. The fourth-order valence-electron chi connectivity index (χ4n) is 1.47. The molecule has 0 aliphatic heterocycles. The third-order valence-corrected chi connectivity index (χ3v) is 2.26. The Morgan fingerprint density at radius 3 is 2.69 bits per heavy atom. The molecule has 0 spiro atoms. The van der Waals surface area contributed by atoms with Gasteiger partial charge in [-0.05, 0) is 44.0 Å². The van der Waals surface area contributed by atoms with E-state index in [9.17, 15) is 4.79 Å². The molecular formula is C13H19NO2. The molecule has 0 atom stereocenters. The molecule has 16 heavy (non-hydrogen) atoms. The number of amides is 1. The summed E-state index contributed by atoms with van der Waals surface area (Å²) in [6.45, 7) is 6.56. The first-order valence-electron chi connectivity index (χ1n) is 5.70. The van der Waals surface area contributed by atoms with Crippen LogP contribution < -0.4 is 10.1 Å². The zero-order valence-corrected chi connectivity index (χ0v) is 10.2. The van der Waals surface area contributed by atoms with Gasteiger partial charge in [-0.2, -0.15) is 0 Å². The monoisotopic (exact) mass is 221 g/mol. The van der Waals surface area contributed by atoms with Crippen LogP contribution in [0.25, 0.3) is 0 Å². The molecule has 0 unspecified atom stereocenters. The van der Waals surface area contributed by atoms with E-state index in [4.69, 9.17) is 4.74 Å². The van der Waals surface area contributed by atoms with Crippen LogP contribution in [0.1, 0.15) is 32.3 Å². The first kappa shape index (κ1) is 12.6. The third kappa shape index (κ3) is 3.57. The molecule has 1 N–H and O–H groups in total. The van der Waals surface area contributed by atoms with Crippen molar-refractivity contribution >= 4 is 11.6 Å². The van der Waals surface area contributed by atoms with Gasteiger partial charge in [0.05, 0.1) is 6.61 Å². The van der Waals surface area contributed by atoms with E-state index >= 15 is 0 Å². The van der Waals surface area contributed by atoms with Crippen LogP contribution in [0.4, 0.5) is 5.69 Å². The van der Waals surface area contributed by atoms with E-state index in [0.717, 1.165) is 23.4 Å². The number of ether oxygens (including phenoxy) is 1. The number of carbonyl (C=O) groups is 1. The van der Waals surface area contributed by atoms with Crippen molar-refractivity contribution in [1.82, 2.24) is 0 Å². The molecule has 0 bridgehead atoms. The van der Waals surface area contributed by atoms with Gasteiger partial charge in [-0.15, -0.1) is 0 Å². The number of rotatable bonds is 5. The summed E-state index contributed by atoms with van der Waals surface area (Å²) in [6.07, 6.45) is 1.43. The highest BCUT2D eigenvalue weighted by Gasteiger charge is 2.04. The summed E-state index contributed by atoms with van der Waals surface area (Å²) in [4.78, 5) is 11.4. The summed E-state index contributed by atoms with van der Waals surface area (Å²) in [5.74, 6) is 0.906. The average Bonchev–Trinajstić information content (AvgIpc) is 2.23. The molecule has 1 aromatic rings. The minimum absolute atomic E-state index is 0.0646. The number of benzene rings is 1. The second-order valence-electron chi connectivity index (χ2n) is 3.71. The second kappa shape index (κ2) is 6.16. The number of anilines is 1. The molecule has 88 valence electrons. The maximum Gasteiger partial charge on any atom is 0.224 e. The quantitative estimate of drug-likeness (QED) is 0.829. The highest BCUT2D eigenvalue weighted by atomic mass is 16.5. The van der Waals surface area contributed by atoms with Crippen molar-refractivity contribution in [2.75, 3.05) is 11.9 Å². The van der Waals surface area contributed by atoms with Crippen LogP contribution in [-0.4, -0.2) is 12.5 Å². The number of aryl methyl sites for hydroxylation is 1. The first-order valence-corrected chi connectivity index (χ1v) is 5.70. The smallest absolute Gasteiger partial charge is 0.224 e. The van der Waals surface area contributed by atoms with Crippen molar-refractivity contribution in [1.29, 1.82) is 0 Å². The van der Waals surface area contributed by atoms with Gasteiger partial charge >= 0.3 is 0 Å². The van der Waals surface area contributed by atoms with Crippen LogP contribution in [0, 0.1) is 6.92 Å². The molecule has 3 nitrogen and oxygen atoms in total. The lowest BCUT2D eigenvalue weighted by Gasteiger charge is -2.10. The van der Waals surface area contributed by atoms with E-state index < -0.39 is 0 Å². The van der Waals surface area contributed by atoms with Gasteiger partial charge in [-0.25, -0.2) is 0 Å². The summed E-state index contributed by atoms with van der Waals surface area (Å²) < 4.78 is 5.38. The van der Waals surface area contributed by atoms with Crippen molar-refractivity contribution < 1.29 is 9.53 Å². The normalized spacial score (nSPS) is 9.94. The van der Waals surface area contributed by atoms with E-state index in [1.165, 1.54) is 0 Å². The van der Waals surface area contributed by atoms with Crippen LogP contribution >= 0.6 is 0 Å². The lowest BCUT2D eigenvalue weighted by Crippen LogP contribution is -2.11. The standard InChI is InChI=1S/C13H19NO2/c1-4-6-13(15)14-12-8-7-11(16-5-2)9-10(12)3/h7-9H,4-6H2,1-3H3,(H,14,15). The number of hydrogen-bond donors (Lipinski definition) is 1. The molecule has 0 aliphatic carbocycles. The Bertz CT molecular complexity index is 361. The highest BCUT2D eigenvalue weighted by molar-refractivity contribution is 5.91. The van der Waals surface area contributed by atoms with Gasteiger partial charge in [0.25, 0.3) is 0 Å². The van der Waals surface area contributed by atoms with Gasteiger partial charge in [0.2, 0.25) is 5.91 Å². The lowest BCUT2D eigenvalue weighted by atomic mass is 10.2. The van der Waals surface area contributed by atoms with Crippen molar-refractivity contribution in [3.8, 4) is 5.75 Å². The van der Waals surface area contributed by atoms with E-state index in [0.29, 0.717) is 13.0 Å². The van der Waals surface area contributed by atoms with Gasteiger partial charge in [-0.1, -0.05) is 6.92 Å². The van der Waals surface area contributed by atoms with E-state index in [2.05, 4.69) is 5.32 Å². The molecule has 0 radical (unpaired) electrons. The number of nitrogens with one attached hydrogen (secondary N) is 1. The Hall–Kier alpha value is -1.51. The van der Waals surface area contributed by atoms with E-state index in [-0.39, 0.29) is 5.91 Å². The van der Waals surface area contributed by atoms with Gasteiger partial charge < -0.3 is 10.1 Å². The number of hydrogen-bond acceptors (Lipinski definition) is 2. The molecule has 0 heterocycles. The average molecular weight is 221 g/mol. The molecule has 3 heteroatoms. The SMILES string of the molecule is CCCC(=O)Nc1ccc(OCC)cc1C. The van der Waals surface area contributed by atoms with Crippen LogP contribution in [0.15, 0.2) is 18.2 Å². The maximum atomic E-state index is 11.4. The lowest BCUT2D eigenvalue weighted by molar-refractivity contribution is -0.116. The van der Waals surface area contributed by atoms with Crippen LogP contribution in [0.3, 0.4) is 0 Å². The zero-order chi connectivity index (χ0) is 12.0. The second-order valence-corrected chi connectivity index (χ2v) is 3.71. The van der Waals surface area contributed by atoms with Crippen molar-refractivity contribution in [2.45, 2.75) is 33.6 Å². The predicted octanol–water partition coefficient (Wildman–Crippen LogP) is 3.13. The number of carbonyl (C=O) groups excluding carboxylic acids is 1. The minimum Gasteiger partial charge on any atom is -0.494 e. The molecule has 0 saturated heterocycles. The molecule has 1 rings (SSSR count). The Morgan fingerprint density at radius 2 is 2.12 bits per heavy atom. The largest absolute Gasteiger partial charge is 0.494 e. The zero-order valence-electron chi connectivity index (χ0n) is 10.2. The Labute approximate surface area is 96.8 Å². The molecule has 0 aliphatic rings. The molecule has 0 fully saturated rings. The molecule has 0 saturated carbocycles. The summed E-state index contributed by atoms with van der Waals surface area (Å²) in [6, 6.07) is 5.69. The van der Waals surface area contributed by atoms with Gasteiger partial charge in [0.1, 0.15) is 5.75 Å². The van der Waals surface area contributed by atoms with Crippen molar-refractivity contribution in [3.63, 3.8) is 0 Å². The van der Waals surface area contributed by atoms with E-state index in [1.54, 1.807) is 0 Å². The highest BCUT2D eigenvalue weighted by Crippen LogP contribution is 2.21. The summed E-state index contributed by atoms with van der Waals surface area (Å²) in [5.41, 5.74) is 1.89. The minimum atomic E-state index is 0.0646. The predicted molar refractivity (Wildman–Crippen MR) is 65.9 cm³/mol. The van der Waals surface area contributed by atoms with Crippen LogP contribution in [0.2, 0.25) is 0 Å². The van der Waals surface area contributed by atoms with Gasteiger partial charge in [0, 0.05) is 12.1 Å². The topological polar surface area (TPSA) is 38.3 Å². The summed E-state index contributed by atoms with van der Waals surface area (Å²) in [7, 11) is 0. The maximum absolute atomic E-state index is 11.4. The molecular weight excluding hydrogens is 202 g/mol. The van der Waals surface area contributed by atoms with Gasteiger partial charge in [-0.3, -0.25) is 4.79 Å². The first-order chi connectivity index (χ1) is 7.67. The Morgan fingerprint density at radius 1 is 1.38 bits per heavy atom. The molecule has 0 aromatic heterocycles. The fourth-order valence-corrected chi connectivity index (χ4v) is 1.47. The Kier molecular flexibility index (Phi) is 4.83. The van der Waals surface area contributed by atoms with Crippen LogP contribution in [-0.2, 0) is 4.79 Å². The fraction of sp³-hybridized carbons (Fsp3) is 0.462. The Balaban J connectivity index is 2.71. The molecule has 1 amide bonds. The van der Waals surface area contributed by atoms with E-state index in [1.807, 2.05) is 39.0 Å². The van der Waals surface area contributed by atoms with Crippen molar-refractivity contribution in [3.05, 3.63) is 23.8 Å². The molecule has 1 aromatic carbocycles. The summed E-state index contributed by atoms with van der Waals surface area (Å²) >= 11 is 0. The third-order valence-electron chi connectivity index (χ3n) is 2.26. The van der Waals surface area contributed by atoms with Gasteiger partial charge in [0.15, 0.2) is 0 Å². The van der Waals surface area contributed by atoms with Crippen LogP contribution in [0.5, 0.6) is 5.75 Å².